The smallest absolute Gasteiger partial charge is 0.224 e. The Kier molecular flexibility index (Phi) is 3.07. The Morgan fingerprint density at radius 1 is 1.69 bits per heavy atom. The minimum Gasteiger partial charge on any atom is -0.329 e. The van der Waals surface area contributed by atoms with E-state index in [-0.39, 0.29) is 11.8 Å². The predicted octanol–water partition coefficient (Wildman–Crippen LogP) is 1.72. The maximum atomic E-state index is 11.2. The number of hydrogen-bond acceptors (Lipinski definition) is 2. The van der Waals surface area contributed by atoms with Crippen molar-refractivity contribution in [3.63, 3.8) is 0 Å². The third-order valence-electron chi connectivity index (χ3n) is 2.33. The Labute approximate surface area is 78.4 Å². The summed E-state index contributed by atoms with van der Waals surface area (Å²) in [6, 6.07) is 2.17. The van der Waals surface area contributed by atoms with Crippen molar-refractivity contribution in [2.45, 2.75) is 33.1 Å². The first kappa shape index (κ1) is 9.79. The Balaban J connectivity index is 2.88. The summed E-state index contributed by atoms with van der Waals surface area (Å²) in [7, 11) is 0. The van der Waals surface area contributed by atoms with Crippen molar-refractivity contribution in [1.82, 2.24) is 5.32 Å². The zero-order chi connectivity index (χ0) is 9.84. The van der Waals surface area contributed by atoms with Gasteiger partial charge in [0, 0.05) is 18.0 Å². The molecule has 1 rings (SSSR count). The van der Waals surface area contributed by atoms with Crippen molar-refractivity contribution in [2.75, 3.05) is 0 Å². The van der Waals surface area contributed by atoms with Gasteiger partial charge in [-0.15, -0.1) is 0 Å². The number of nitrogens with zero attached hydrogens (tertiary/aromatic N) is 1. The average Bonchev–Trinajstić information content (AvgIpc) is 2.04. The zero-order valence-electron chi connectivity index (χ0n) is 8.05. The number of hydrogen-bond donors (Lipinski definition) is 1. The topological polar surface area (TPSA) is 52.9 Å². The molecule has 1 aliphatic rings. The molecule has 0 saturated heterocycles. The number of nitriles is 1. The van der Waals surface area contributed by atoms with Gasteiger partial charge in [0.2, 0.25) is 5.91 Å². The predicted molar refractivity (Wildman–Crippen MR) is 49.5 cm³/mol. The average molecular weight is 178 g/mol. The van der Waals surface area contributed by atoms with Crippen molar-refractivity contribution in [3.05, 3.63) is 11.3 Å². The number of nitrogens with one attached hydrogen (secondary N) is 1. The van der Waals surface area contributed by atoms with Crippen LogP contribution in [0.25, 0.3) is 0 Å². The van der Waals surface area contributed by atoms with Crippen LogP contribution in [-0.2, 0) is 4.79 Å². The summed E-state index contributed by atoms with van der Waals surface area (Å²) in [6.07, 6.45) is 2.40. The molecule has 0 spiro atoms. The Morgan fingerprint density at radius 3 is 2.92 bits per heavy atom. The molecule has 0 fully saturated rings. The largest absolute Gasteiger partial charge is 0.329 e. The van der Waals surface area contributed by atoms with Crippen molar-refractivity contribution >= 4 is 5.91 Å². The van der Waals surface area contributed by atoms with Crippen molar-refractivity contribution in [2.24, 2.45) is 5.92 Å². The summed E-state index contributed by atoms with van der Waals surface area (Å²) in [5, 5.41) is 11.6. The number of amides is 1. The molecule has 70 valence electrons. The highest BCUT2D eigenvalue weighted by Crippen LogP contribution is 2.25. The first-order chi connectivity index (χ1) is 6.19. The lowest BCUT2D eigenvalue weighted by molar-refractivity contribution is -0.121. The molecule has 3 nitrogen and oxygen atoms in total. The summed E-state index contributed by atoms with van der Waals surface area (Å²) >= 11 is 0. The molecule has 0 radical (unpaired) electrons. The highest BCUT2D eigenvalue weighted by molar-refractivity contribution is 5.80. The fraction of sp³-hybridized carbons (Fsp3) is 0.600. The van der Waals surface area contributed by atoms with Crippen LogP contribution in [0.2, 0.25) is 0 Å². The SMILES string of the molecule is CCCC1CC(=O)NC(C)=C1C#N. The molecule has 1 heterocycles. The molecule has 1 unspecified atom stereocenters. The molecule has 3 heteroatoms. The van der Waals surface area contributed by atoms with Gasteiger partial charge in [0.1, 0.15) is 0 Å². The number of rotatable bonds is 2. The van der Waals surface area contributed by atoms with Crippen LogP contribution >= 0.6 is 0 Å². The minimum absolute atomic E-state index is 0.0370. The Bertz CT molecular complexity index is 286. The first-order valence-corrected chi connectivity index (χ1v) is 4.59. The van der Waals surface area contributed by atoms with Gasteiger partial charge in [-0.05, 0) is 13.3 Å². The molecule has 1 aliphatic heterocycles. The molecule has 0 bridgehead atoms. The molecule has 0 saturated carbocycles. The van der Waals surface area contributed by atoms with Gasteiger partial charge in [0.15, 0.2) is 0 Å². The molecule has 0 aromatic rings. The third-order valence-corrected chi connectivity index (χ3v) is 2.33. The fourth-order valence-corrected chi connectivity index (χ4v) is 1.73. The van der Waals surface area contributed by atoms with E-state index in [9.17, 15) is 4.79 Å². The fourth-order valence-electron chi connectivity index (χ4n) is 1.73. The maximum Gasteiger partial charge on any atom is 0.224 e. The van der Waals surface area contributed by atoms with E-state index in [1.807, 2.05) is 0 Å². The third kappa shape index (κ3) is 2.09. The van der Waals surface area contributed by atoms with Gasteiger partial charge in [-0.25, -0.2) is 0 Å². The van der Waals surface area contributed by atoms with E-state index in [0.717, 1.165) is 24.1 Å². The lowest BCUT2D eigenvalue weighted by Crippen LogP contribution is -2.31. The Morgan fingerprint density at radius 2 is 2.38 bits per heavy atom. The number of carbonyl (C=O) groups is 1. The van der Waals surface area contributed by atoms with Gasteiger partial charge in [0.05, 0.1) is 11.6 Å². The molecule has 1 amide bonds. The molecular formula is C10H14N2O. The van der Waals surface area contributed by atoms with Crippen LogP contribution in [-0.4, -0.2) is 5.91 Å². The van der Waals surface area contributed by atoms with Crippen LogP contribution < -0.4 is 5.32 Å². The molecule has 0 aliphatic carbocycles. The quantitative estimate of drug-likeness (QED) is 0.700. The summed E-state index contributed by atoms with van der Waals surface area (Å²) < 4.78 is 0. The van der Waals surface area contributed by atoms with Gasteiger partial charge in [-0.2, -0.15) is 5.26 Å². The van der Waals surface area contributed by atoms with Gasteiger partial charge < -0.3 is 5.32 Å². The van der Waals surface area contributed by atoms with Crippen LogP contribution in [0.15, 0.2) is 11.3 Å². The molecule has 0 aromatic carbocycles. The summed E-state index contributed by atoms with van der Waals surface area (Å²) in [5.41, 5.74) is 1.48. The molecule has 13 heavy (non-hydrogen) atoms. The van der Waals surface area contributed by atoms with Gasteiger partial charge in [-0.1, -0.05) is 13.3 Å². The van der Waals surface area contributed by atoms with Crippen LogP contribution in [0.1, 0.15) is 33.1 Å². The van der Waals surface area contributed by atoms with Crippen LogP contribution in [0.4, 0.5) is 0 Å². The highest BCUT2D eigenvalue weighted by atomic mass is 16.1. The van der Waals surface area contributed by atoms with Gasteiger partial charge >= 0.3 is 0 Å². The van der Waals surface area contributed by atoms with Gasteiger partial charge in [-0.3, -0.25) is 4.79 Å². The van der Waals surface area contributed by atoms with E-state index >= 15 is 0 Å². The number of carbonyl (C=O) groups excluding carboxylic acids is 1. The van der Waals surface area contributed by atoms with Crippen molar-refractivity contribution < 1.29 is 4.79 Å². The lowest BCUT2D eigenvalue weighted by atomic mass is 9.88. The van der Waals surface area contributed by atoms with E-state index in [4.69, 9.17) is 5.26 Å². The van der Waals surface area contributed by atoms with Crippen LogP contribution in [0.3, 0.4) is 0 Å². The first-order valence-electron chi connectivity index (χ1n) is 4.59. The zero-order valence-corrected chi connectivity index (χ0v) is 8.05. The van der Waals surface area contributed by atoms with E-state index in [1.165, 1.54) is 0 Å². The lowest BCUT2D eigenvalue weighted by Gasteiger charge is -2.22. The molecule has 1 atom stereocenters. The summed E-state index contributed by atoms with van der Waals surface area (Å²) in [6.45, 7) is 3.86. The van der Waals surface area contributed by atoms with E-state index in [0.29, 0.717) is 6.42 Å². The minimum atomic E-state index is 0.0370. The second-order valence-corrected chi connectivity index (χ2v) is 3.39. The monoisotopic (exact) mass is 178 g/mol. The normalized spacial score (nSPS) is 22.5. The summed E-state index contributed by atoms with van der Waals surface area (Å²) in [4.78, 5) is 11.2. The standard InChI is InChI=1S/C10H14N2O/c1-3-4-8-5-10(13)12-7(2)9(8)6-11/h8H,3-5H2,1-2H3,(H,12,13). The molecular weight excluding hydrogens is 164 g/mol. The van der Waals surface area contributed by atoms with E-state index in [2.05, 4.69) is 18.3 Å². The maximum absolute atomic E-state index is 11.2. The van der Waals surface area contributed by atoms with Crippen LogP contribution in [0.5, 0.6) is 0 Å². The van der Waals surface area contributed by atoms with Crippen molar-refractivity contribution in [3.8, 4) is 6.07 Å². The van der Waals surface area contributed by atoms with Gasteiger partial charge in [0.25, 0.3) is 0 Å². The molecule has 0 aromatic heterocycles. The van der Waals surface area contributed by atoms with E-state index < -0.39 is 0 Å². The second-order valence-electron chi connectivity index (χ2n) is 3.39. The summed E-state index contributed by atoms with van der Waals surface area (Å²) in [5.74, 6) is 0.179. The Hall–Kier alpha value is -1.30. The van der Waals surface area contributed by atoms with Crippen molar-refractivity contribution in [1.29, 1.82) is 5.26 Å². The van der Waals surface area contributed by atoms with E-state index in [1.54, 1.807) is 6.92 Å². The highest BCUT2D eigenvalue weighted by Gasteiger charge is 2.24. The van der Waals surface area contributed by atoms with Crippen LogP contribution in [0, 0.1) is 17.2 Å². The molecule has 1 N–H and O–H groups in total. The second kappa shape index (κ2) is 4.08. The number of allylic oxidation sites excluding steroid dienone is 2.